The van der Waals surface area contributed by atoms with Crippen molar-refractivity contribution in [1.29, 1.82) is 0 Å². The van der Waals surface area contributed by atoms with Crippen molar-refractivity contribution < 1.29 is 9.53 Å². The number of halogens is 2. The molecular weight excluding hydrogens is 465 g/mol. The maximum atomic E-state index is 13.4. The van der Waals surface area contributed by atoms with Gasteiger partial charge in [0, 0.05) is 22.0 Å². The Morgan fingerprint density at radius 1 is 0.912 bits per heavy atom. The van der Waals surface area contributed by atoms with Gasteiger partial charge in [-0.3, -0.25) is 4.90 Å². The highest BCUT2D eigenvalue weighted by Gasteiger charge is 2.39. The van der Waals surface area contributed by atoms with Crippen molar-refractivity contribution in [3.8, 4) is 11.1 Å². The summed E-state index contributed by atoms with van der Waals surface area (Å²) in [5, 5.41) is 1.37. The van der Waals surface area contributed by atoms with Crippen LogP contribution in [0.15, 0.2) is 72.8 Å². The van der Waals surface area contributed by atoms with E-state index in [0.717, 1.165) is 31.2 Å². The SMILES string of the molecule is O=C(OCC1c2ccccc2-c2ccccc21)N1C2C=C(c3cc(Cl)ccc3Cl)CC1CCC2. The van der Waals surface area contributed by atoms with E-state index in [1.54, 1.807) is 6.07 Å². The summed E-state index contributed by atoms with van der Waals surface area (Å²) in [6.07, 6.45) is 5.74. The first-order valence-corrected chi connectivity index (χ1v) is 12.6. The van der Waals surface area contributed by atoms with Gasteiger partial charge in [-0.15, -0.1) is 0 Å². The number of fused-ring (bicyclic) bond motifs is 5. The zero-order valence-electron chi connectivity index (χ0n) is 18.7. The number of piperidine rings is 1. The van der Waals surface area contributed by atoms with Crippen LogP contribution in [0.1, 0.15) is 48.3 Å². The van der Waals surface area contributed by atoms with E-state index in [0.29, 0.717) is 16.7 Å². The first-order valence-electron chi connectivity index (χ1n) is 11.9. The molecule has 2 unspecified atom stereocenters. The summed E-state index contributed by atoms with van der Waals surface area (Å²) in [6, 6.07) is 22.5. The molecule has 3 nitrogen and oxygen atoms in total. The molecule has 3 aromatic rings. The molecule has 0 saturated carbocycles. The van der Waals surface area contributed by atoms with E-state index in [1.807, 2.05) is 17.0 Å². The molecule has 1 saturated heterocycles. The van der Waals surface area contributed by atoms with Crippen LogP contribution in [-0.2, 0) is 4.74 Å². The molecule has 0 aromatic heterocycles. The fraction of sp³-hybridized carbons (Fsp3) is 0.276. The highest BCUT2D eigenvalue weighted by molar-refractivity contribution is 6.34. The van der Waals surface area contributed by atoms with Gasteiger partial charge >= 0.3 is 6.09 Å². The van der Waals surface area contributed by atoms with Gasteiger partial charge in [0.05, 0.1) is 6.04 Å². The molecule has 172 valence electrons. The molecule has 2 bridgehead atoms. The Morgan fingerprint density at radius 2 is 1.62 bits per heavy atom. The van der Waals surface area contributed by atoms with Crippen molar-refractivity contribution in [2.45, 2.75) is 43.7 Å². The van der Waals surface area contributed by atoms with E-state index >= 15 is 0 Å². The monoisotopic (exact) mass is 489 g/mol. The molecule has 2 atom stereocenters. The second-order valence-electron chi connectivity index (χ2n) is 9.38. The van der Waals surface area contributed by atoms with Gasteiger partial charge in [0.1, 0.15) is 6.61 Å². The molecule has 2 aliphatic heterocycles. The van der Waals surface area contributed by atoms with Crippen molar-refractivity contribution in [3.05, 3.63) is 99.5 Å². The smallest absolute Gasteiger partial charge is 0.410 e. The number of hydrogen-bond donors (Lipinski definition) is 0. The van der Waals surface area contributed by atoms with Gasteiger partial charge in [0.15, 0.2) is 0 Å². The zero-order chi connectivity index (χ0) is 23.2. The summed E-state index contributed by atoms with van der Waals surface area (Å²) in [4.78, 5) is 15.3. The van der Waals surface area contributed by atoms with E-state index in [2.05, 4.69) is 54.6 Å². The van der Waals surface area contributed by atoms with E-state index in [1.165, 1.54) is 27.8 Å². The minimum atomic E-state index is -0.218. The van der Waals surface area contributed by atoms with Crippen molar-refractivity contribution in [2.24, 2.45) is 0 Å². The van der Waals surface area contributed by atoms with Gasteiger partial charge in [-0.2, -0.15) is 0 Å². The van der Waals surface area contributed by atoms with Gasteiger partial charge in [0.25, 0.3) is 0 Å². The largest absolute Gasteiger partial charge is 0.448 e. The lowest BCUT2D eigenvalue weighted by atomic mass is 9.83. The maximum Gasteiger partial charge on any atom is 0.410 e. The van der Waals surface area contributed by atoms with E-state index in [4.69, 9.17) is 27.9 Å². The van der Waals surface area contributed by atoms with Crippen LogP contribution in [0.3, 0.4) is 0 Å². The quantitative estimate of drug-likeness (QED) is 0.373. The van der Waals surface area contributed by atoms with Crippen LogP contribution in [0.4, 0.5) is 4.79 Å². The number of benzene rings is 3. The molecule has 1 aliphatic carbocycles. The lowest BCUT2D eigenvalue weighted by molar-refractivity contribution is 0.0539. The minimum Gasteiger partial charge on any atom is -0.448 e. The van der Waals surface area contributed by atoms with Crippen LogP contribution in [0.5, 0.6) is 0 Å². The third kappa shape index (κ3) is 3.72. The van der Waals surface area contributed by atoms with Gasteiger partial charge in [-0.25, -0.2) is 4.79 Å². The van der Waals surface area contributed by atoms with Crippen molar-refractivity contribution >= 4 is 34.9 Å². The number of nitrogens with zero attached hydrogens (tertiary/aromatic N) is 1. The summed E-state index contributed by atoms with van der Waals surface area (Å²) in [6.45, 7) is 0.347. The van der Waals surface area contributed by atoms with Crippen molar-refractivity contribution in [1.82, 2.24) is 4.90 Å². The fourth-order valence-electron chi connectivity index (χ4n) is 5.93. The summed E-state index contributed by atoms with van der Waals surface area (Å²) >= 11 is 12.7. The molecule has 5 heteroatoms. The van der Waals surface area contributed by atoms with E-state index in [-0.39, 0.29) is 24.1 Å². The topological polar surface area (TPSA) is 29.5 Å². The molecule has 3 aromatic carbocycles. The number of rotatable bonds is 3. The first-order chi connectivity index (χ1) is 16.6. The Kier molecular flexibility index (Phi) is 5.63. The van der Waals surface area contributed by atoms with E-state index in [9.17, 15) is 4.79 Å². The third-order valence-corrected chi connectivity index (χ3v) is 8.02. The second kappa shape index (κ2) is 8.79. The molecule has 2 heterocycles. The summed E-state index contributed by atoms with van der Waals surface area (Å²) in [7, 11) is 0. The standard InChI is InChI=1S/C29H25Cl2NO2/c30-19-12-13-28(31)26(16-19)18-14-20-6-5-7-21(15-18)32(20)29(33)34-17-27-24-10-3-1-8-22(24)23-9-2-4-11-25(23)27/h1-4,8-14,16,20-21,27H,5-7,15,17H2. The van der Waals surface area contributed by atoms with Crippen LogP contribution in [0.2, 0.25) is 10.0 Å². The Hall–Kier alpha value is -2.75. The number of carbonyl (C=O) groups excluding carboxylic acids is 1. The lowest BCUT2D eigenvalue weighted by Gasteiger charge is -2.44. The molecule has 3 aliphatic rings. The molecule has 1 fully saturated rings. The summed E-state index contributed by atoms with van der Waals surface area (Å²) < 4.78 is 6.01. The van der Waals surface area contributed by atoms with Gasteiger partial charge in [0.2, 0.25) is 0 Å². The molecule has 1 amide bonds. The fourth-order valence-corrected chi connectivity index (χ4v) is 6.34. The normalized spacial score (nSPS) is 21.0. The first kappa shape index (κ1) is 21.8. The van der Waals surface area contributed by atoms with Gasteiger partial charge in [-0.1, -0.05) is 77.8 Å². The highest BCUT2D eigenvalue weighted by atomic mass is 35.5. The number of ether oxygens (including phenoxy) is 1. The van der Waals surface area contributed by atoms with Crippen LogP contribution < -0.4 is 0 Å². The minimum absolute atomic E-state index is 0.0215. The predicted octanol–water partition coefficient (Wildman–Crippen LogP) is 7.95. The predicted molar refractivity (Wildman–Crippen MR) is 137 cm³/mol. The molecule has 34 heavy (non-hydrogen) atoms. The number of amides is 1. The Balaban J connectivity index is 1.23. The number of hydrogen-bond acceptors (Lipinski definition) is 2. The van der Waals surface area contributed by atoms with E-state index < -0.39 is 0 Å². The van der Waals surface area contributed by atoms with Crippen LogP contribution in [0.25, 0.3) is 16.7 Å². The average molecular weight is 490 g/mol. The van der Waals surface area contributed by atoms with Crippen LogP contribution in [-0.4, -0.2) is 29.7 Å². The highest BCUT2D eigenvalue weighted by Crippen LogP contribution is 2.45. The Bertz CT molecular complexity index is 1260. The lowest BCUT2D eigenvalue weighted by Crippen LogP contribution is -2.51. The summed E-state index contributed by atoms with van der Waals surface area (Å²) in [5.74, 6) is 0.0670. The van der Waals surface area contributed by atoms with Crippen molar-refractivity contribution in [3.63, 3.8) is 0 Å². The number of carbonyl (C=O) groups is 1. The van der Waals surface area contributed by atoms with Crippen LogP contribution in [0, 0.1) is 0 Å². The molecule has 0 N–H and O–H groups in total. The van der Waals surface area contributed by atoms with Gasteiger partial charge in [-0.05, 0) is 77.3 Å². The molecular formula is C29H25Cl2NO2. The molecule has 0 radical (unpaired) electrons. The molecule has 0 spiro atoms. The second-order valence-corrected chi connectivity index (χ2v) is 10.2. The maximum absolute atomic E-state index is 13.4. The Morgan fingerprint density at radius 3 is 2.32 bits per heavy atom. The zero-order valence-corrected chi connectivity index (χ0v) is 20.2. The third-order valence-electron chi connectivity index (χ3n) is 7.46. The summed E-state index contributed by atoms with van der Waals surface area (Å²) in [5.41, 5.74) is 7.07. The van der Waals surface area contributed by atoms with Crippen molar-refractivity contribution in [2.75, 3.05) is 6.61 Å². The van der Waals surface area contributed by atoms with Crippen LogP contribution >= 0.6 is 23.2 Å². The Labute approximate surface area is 209 Å². The average Bonchev–Trinajstić information content (AvgIpc) is 3.17. The molecule has 6 rings (SSSR count). The van der Waals surface area contributed by atoms with Gasteiger partial charge < -0.3 is 4.74 Å².